The summed E-state index contributed by atoms with van der Waals surface area (Å²) in [6, 6.07) is 24.2. The topological polar surface area (TPSA) is 80.4 Å². The number of fused-ring (bicyclic) bond motifs is 2. The second-order valence-electron chi connectivity index (χ2n) is 7.19. The lowest BCUT2D eigenvalue weighted by molar-refractivity contribution is 0.101. The van der Waals surface area contributed by atoms with Crippen LogP contribution in [-0.2, 0) is 7.05 Å². The van der Waals surface area contributed by atoms with Crippen LogP contribution in [0.15, 0.2) is 89.9 Å². The molecule has 7 nitrogen and oxygen atoms in total. The maximum absolute atomic E-state index is 12.9. The number of nitrogens with zero attached hydrogens (tertiary/aromatic N) is 3. The van der Waals surface area contributed by atoms with Gasteiger partial charge in [-0.25, -0.2) is 4.98 Å². The van der Waals surface area contributed by atoms with Crippen molar-refractivity contribution in [3.8, 4) is 0 Å². The molecule has 7 heteroatoms. The first-order valence-electron chi connectivity index (χ1n) is 9.80. The summed E-state index contributed by atoms with van der Waals surface area (Å²) in [6.45, 7) is 0. The van der Waals surface area contributed by atoms with Gasteiger partial charge in [0, 0.05) is 30.3 Å². The average Bonchev–Trinajstić information content (AvgIpc) is 3.13. The van der Waals surface area contributed by atoms with Gasteiger partial charge in [0.15, 0.2) is 0 Å². The van der Waals surface area contributed by atoms with Crippen LogP contribution in [0.4, 0.5) is 17.1 Å². The fourth-order valence-electron chi connectivity index (χ4n) is 3.56. The van der Waals surface area contributed by atoms with Crippen LogP contribution in [0.2, 0.25) is 0 Å². The van der Waals surface area contributed by atoms with Gasteiger partial charge >= 0.3 is 0 Å². The fourth-order valence-corrected chi connectivity index (χ4v) is 3.56. The first-order chi connectivity index (χ1) is 15.1. The van der Waals surface area contributed by atoms with Gasteiger partial charge in [0.1, 0.15) is 17.0 Å². The maximum atomic E-state index is 12.9. The Morgan fingerprint density at radius 3 is 2.32 bits per heavy atom. The van der Waals surface area contributed by atoms with Gasteiger partial charge in [0.05, 0.1) is 5.39 Å². The third kappa shape index (κ3) is 3.42. The van der Waals surface area contributed by atoms with Crippen LogP contribution in [0.3, 0.4) is 0 Å². The number of carbonyl (C=O) groups is 1. The summed E-state index contributed by atoms with van der Waals surface area (Å²) in [7, 11) is 1.73. The van der Waals surface area contributed by atoms with Gasteiger partial charge < -0.3 is 15.2 Å². The standard InChI is InChI=1S/C24H19N5O2/c1-28-20(15-19-22(28)27-21-9-5-6-14-29(21)24(19)31)23(30)26-18-12-10-17(11-13-18)25-16-7-3-2-4-8-16/h2-15,25H,1H3,(H,26,30). The third-order valence-corrected chi connectivity index (χ3v) is 5.15. The summed E-state index contributed by atoms with van der Waals surface area (Å²) in [5, 5.41) is 6.59. The number of anilines is 3. The van der Waals surface area contributed by atoms with Crippen molar-refractivity contribution in [3.63, 3.8) is 0 Å². The minimum absolute atomic E-state index is 0.202. The normalized spacial score (nSPS) is 11.0. The number of pyridine rings is 1. The van der Waals surface area contributed by atoms with Crippen LogP contribution >= 0.6 is 0 Å². The summed E-state index contributed by atoms with van der Waals surface area (Å²) in [6.07, 6.45) is 1.67. The number of para-hydroxylation sites is 1. The number of hydrogen-bond acceptors (Lipinski definition) is 4. The second-order valence-corrected chi connectivity index (χ2v) is 7.19. The van der Waals surface area contributed by atoms with Crippen molar-refractivity contribution in [1.82, 2.24) is 14.0 Å². The van der Waals surface area contributed by atoms with Crippen LogP contribution in [0.1, 0.15) is 10.5 Å². The summed E-state index contributed by atoms with van der Waals surface area (Å²) in [5.74, 6) is -0.308. The van der Waals surface area contributed by atoms with Gasteiger partial charge in [-0.3, -0.25) is 14.0 Å². The van der Waals surface area contributed by atoms with E-state index in [2.05, 4.69) is 15.6 Å². The molecule has 2 aromatic carbocycles. The van der Waals surface area contributed by atoms with E-state index in [0.29, 0.717) is 28.1 Å². The van der Waals surface area contributed by atoms with Crippen molar-refractivity contribution >= 4 is 39.6 Å². The van der Waals surface area contributed by atoms with E-state index in [1.54, 1.807) is 36.0 Å². The molecule has 0 unspecified atom stereocenters. The summed E-state index contributed by atoms with van der Waals surface area (Å²) >= 11 is 0. The molecule has 0 radical (unpaired) electrons. The van der Waals surface area contributed by atoms with E-state index in [1.165, 1.54) is 4.40 Å². The molecule has 0 saturated carbocycles. The molecule has 3 heterocycles. The highest BCUT2D eigenvalue weighted by Gasteiger charge is 2.17. The molecule has 152 valence electrons. The molecule has 5 rings (SSSR count). The lowest BCUT2D eigenvalue weighted by atomic mass is 10.2. The Morgan fingerprint density at radius 1 is 0.871 bits per heavy atom. The van der Waals surface area contributed by atoms with Crippen LogP contribution < -0.4 is 16.2 Å². The largest absolute Gasteiger partial charge is 0.356 e. The Balaban J connectivity index is 1.41. The Labute approximate surface area is 177 Å². The number of aryl methyl sites for hydroxylation is 1. The van der Waals surface area contributed by atoms with Crippen molar-refractivity contribution in [2.45, 2.75) is 0 Å². The molecule has 1 amide bonds. The molecule has 5 aromatic rings. The van der Waals surface area contributed by atoms with Crippen molar-refractivity contribution in [3.05, 3.63) is 101 Å². The lowest BCUT2D eigenvalue weighted by Crippen LogP contribution is -2.16. The summed E-state index contributed by atoms with van der Waals surface area (Å²) in [4.78, 5) is 30.2. The predicted octanol–water partition coefficient (Wildman–Crippen LogP) is 4.18. The van der Waals surface area contributed by atoms with Crippen LogP contribution in [0.5, 0.6) is 0 Å². The lowest BCUT2D eigenvalue weighted by Gasteiger charge is -2.09. The molecule has 0 aliphatic carbocycles. The van der Waals surface area contributed by atoms with Crippen molar-refractivity contribution in [2.24, 2.45) is 7.05 Å². The van der Waals surface area contributed by atoms with E-state index in [4.69, 9.17) is 0 Å². The number of carbonyl (C=O) groups excluding carboxylic acids is 1. The number of nitrogens with one attached hydrogen (secondary N) is 2. The Kier molecular flexibility index (Phi) is 4.48. The molecule has 0 fully saturated rings. The van der Waals surface area contributed by atoms with E-state index < -0.39 is 0 Å². The minimum Gasteiger partial charge on any atom is -0.356 e. The zero-order chi connectivity index (χ0) is 21.4. The smallest absolute Gasteiger partial charge is 0.272 e. The first-order valence-corrected chi connectivity index (χ1v) is 9.80. The number of aromatic nitrogens is 3. The zero-order valence-corrected chi connectivity index (χ0v) is 16.7. The van der Waals surface area contributed by atoms with Gasteiger partial charge in [0.2, 0.25) is 0 Å². The molecular formula is C24H19N5O2. The fraction of sp³-hybridized carbons (Fsp3) is 0.0417. The molecule has 3 aromatic heterocycles. The molecule has 2 N–H and O–H groups in total. The third-order valence-electron chi connectivity index (χ3n) is 5.15. The number of hydrogen-bond donors (Lipinski definition) is 2. The second kappa shape index (κ2) is 7.46. The van der Waals surface area contributed by atoms with Gasteiger partial charge in [-0.1, -0.05) is 24.3 Å². The highest BCUT2D eigenvalue weighted by molar-refractivity contribution is 6.06. The van der Waals surface area contributed by atoms with Crippen molar-refractivity contribution in [1.29, 1.82) is 0 Å². The van der Waals surface area contributed by atoms with E-state index in [9.17, 15) is 9.59 Å². The molecule has 31 heavy (non-hydrogen) atoms. The van der Waals surface area contributed by atoms with E-state index >= 15 is 0 Å². The van der Waals surface area contributed by atoms with Crippen molar-refractivity contribution < 1.29 is 4.79 Å². The van der Waals surface area contributed by atoms with Crippen LogP contribution in [0, 0.1) is 0 Å². The number of amides is 1. The van der Waals surface area contributed by atoms with Crippen molar-refractivity contribution in [2.75, 3.05) is 10.6 Å². The Bertz CT molecular complexity index is 1470. The highest BCUT2D eigenvalue weighted by Crippen LogP contribution is 2.20. The average molecular weight is 409 g/mol. The minimum atomic E-state index is -0.308. The zero-order valence-electron chi connectivity index (χ0n) is 16.7. The van der Waals surface area contributed by atoms with E-state index in [-0.39, 0.29) is 11.5 Å². The Morgan fingerprint density at radius 2 is 1.55 bits per heavy atom. The molecule has 0 aliphatic rings. The SMILES string of the molecule is Cn1c(C(=O)Nc2ccc(Nc3ccccc3)cc2)cc2c(=O)n3ccccc3nc21. The van der Waals surface area contributed by atoms with Gasteiger partial charge in [-0.15, -0.1) is 0 Å². The van der Waals surface area contributed by atoms with E-state index in [0.717, 1.165) is 11.4 Å². The molecule has 0 bridgehead atoms. The Hall–Kier alpha value is -4.39. The summed E-state index contributed by atoms with van der Waals surface area (Å²) < 4.78 is 3.12. The molecule has 0 atom stereocenters. The maximum Gasteiger partial charge on any atom is 0.272 e. The first kappa shape index (κ1) is 18.6. The number of benzene rings is 2. The molecule has 0 spiro atoms. The summed E-state index contributed by atoms with van der Waals surface area (Å²) in [5.41, 5.74) is 3.73. The quantitative estimate of drug-likeness (QED) is 0.467. The van der Waals surface area contributed by atoms with Crippen LogP contribution in [0.25, 0.3) is 16.7 Å². The van der Waals surface area contributed by atoms with E-state index in [1.807, 2.05) is 60.7 Å². The molecule has 0 aliphatic heterocycles. The molecular weight excluding hydrogens is 390 g/mol. The monoisotopic (exact) mass is 409 g/mol. The predicted molar refractivity (Wildman–Crippen MR) is 122 cm³/mol. The van der Waals surface area contributed by atoms with Gasteiger partial charge in [-0.05, 0) is 54.6 Å². The molecule has 0 saturated heterocycles. The highest BCUT2D eigenvalue weighted by atomic mass is 16.2. The van der Waals surface area contributed by atoms with Gasteiger partial charge in [0.25, 0.3) is 11.5 Å². The number of rotatable bonds is 4. The van der Waals surface area contributed by atoms with Crippen LogP contribution in [-0.4, -0.2) is 19.9 Å². The van der Waals surface area contributed by atoms with Gasteiger partial charge in [-0.2, -0.15) is 0 Å².